The van der Waals surface area contributed by atoms with Crippen molar-refractivity contribution in [2.45, 2.75) is 50.3 Å². The quantitative estimate of drug-likeness (QED) is 0.397. The number of fused-ring (bicyclic) bond motifs is 2. The molecular formula is C27H32N6O. The van der Waals surface area contributed by atoms with Crippen molar-refractivity contribution in [3.63, 3.8) is 0 Å². The molecule has 4 aromatic rings. The first kappa shape index (κ1) is 21.5. The van der Waals surface area contributed by atoms with Crippen LogP contribution in [0.15, 0.2) is 61.3 Å². The Morgan fingerprint density at radius 2 is 1.88 bits per heavy atom. The standard InChI is InChI=1S/C27H32N6O/c34-26-14-19-4-1-2-6-23(19)27(26)31-21-9-12-32(13-10-21)11-3-5-20-16-28-25-8-7-22(15-24(20)25)33-17-29-30-18-33/h1-2,4,6-8,15-18,21,26-28,31,34H,3,5,9-14H2/t26-,27?/m0/s1. The van der Waals surface area contributed by atoms with Crippen molar-refractivity contribution in [1.82, 2.24) is 30.0 Å². The summed E-state index contributed by atoms with van der Waals surface area (Å²) >= 11 is 0. The number of aromatic amines is 1. The maximum atomic E-state index is 10.6. The first-order chi connectivity index (χ1) is 16.7. The Bertz CT molecular complexity index is 1240. The van der Waals surface area contributed by atoms with E-state index in [1.165, 1.54) is 27.6 Å². The van der Waals surface area contributed by atoms with E-state index in [1.54, 1.807) is 12.7 Å². The molecule has 0 radical (unpaired) electrons. The second-order valence-corrected chi connectivity index (χ2v) is 9.75. The van der Waals surface area contributed by atoms with Gasteiger partial charge >= 0.3 is 0 Å². The Hall–Kier alpha value is -3.00. The van der Waals surface area contributed by atoms with Gasteiger partial charge in [0.1, 0.15) is 12.7 Å². The predicted octanol–water partition coefficient (Wildman–Crippen LogP) is 3.39. The van der Waals surface area contributed by atoms with Crippen LogP contribution in [0.1, 0.15) is 42.0 Å². The van der Waals surface area contributed by atoms with Crippen molar-refractivity contribution in [3.8, 4) is 5.69 Å². The van der Waals surface area contributed by atoms with E-state index in [2.05, 4.69) is 74.1 Å². The number of nitrogens with zero attached hydrogens (tertiary/aromatic N) is 4. The molecule has 2 aliphatic rings. The fourth-order valence-electron chi connectivity index (χ4n) is 5.71. The van der Waals surface area contributed by atoms with E-state index in [-0.39, 0.29) is 12.1 Å². The largest absolute Gasteiger partial charge is 0.391 e. The van der Waals surface area contributed by atoms with Crippen molar-refractivity contribution >= 4 is 10.9 Å². The molecule has 3 N–H and O–H groups in total. The van der Waals surface area contributed by atoms with Crippen LogP contribution >= 0.6 is 0 Å². The maximum Gasteiger partial charge on any atom is 0.123 e. The van der Waals surface area contributed by atoms with Crippen LogP contribution in [0.3, 0.4) is 0 Å². The first-order valence-corrected chi connectivity index (χ1v) is 12.4. The smallest absolute Gasteiger partial charge is 0.123 e. The summed E-state index contributed by atoms with van der Waals surface area (Å²) in [7, 11) is 0. The summed E-state index contributed by atoms with van der Waals surface area (Å²) in [5, 5.41) is 23.5. The number of aromatic nitrogens is 4. The molecule has 1 unspecified atom stereocenters. The van der Waals surface area contributed by atoms with E-state index < -0.39 is 0 Å². The molecule has 0 spiro atoms. The Kier molecular flexibility index (Phi) is 5.91. The summed E-state index contributed by atoms with van der Waals surface area (Å²) in [6.45, 7) is 3.36. The van der Waals surface area contributed by atoms with E-state index in [1.807, 2.05) is 4.57 Å². The summed E-state index contributed by atoms with van der Waals surface area (Å²) in [5.74, 6) is 0. The number of aliphatic hydroxyl groups excluding tert-OH is 1. The SMILES string of the molecule is O[C@H]1Cc2ccccc2C1NC1CCN(CCCc2c[nH]c3ccc(-n4cnnc4)cc23)CC1. The number of hydrogen-bond acceptors (Lipinski definition) is 5. The van der Waals surface area contributed by atoms with Gasteiger partial charge < -0.3 is 20.3 Å². The number of hydrogen-bond donors (Lipinski definition) is 3. The van der Waals surface area contributed by atoms with Crippen molar-refractivity contribution < 1.29 is 5.11 Å². The third-order valence-corrected chi connectivity index (χ3v) is 7.60. The van der Waals surface area contributed by atoms with Gasteiger partial charge in [-0.15, -0.1) is 10.2 Å². The minimum Gasteiger partial charge on any atom is -0.391 e. The molecule has 3 heterocycles. The van der Waals surface area contributed by atoms with E-state index in [4.69, 9.17) is 0 Å². The summed E-state index contributed by atoms with van der Waals surface area (Å²) in [6, 6.07) is 15.5. The summed E-state index contributed by atoms with van der Waals surface area (Å²) in [5.41, 5.74) is 6.20. The maximum absolute atomic E-state index is 10.6. The normalized spacial score (nSPS) is 21.3. The Labute approximate surface area is 199 Å². The number of aryl methyl sites for hydroxylation is 1. The van der Waals surface area contributed by atoms with Crippen LogP contribution in [0, 0.1) is 0 Å². The lowest BCUT2D eigenvalue weighted by Crippen LogP contribution is -2.45. The zero-order chi connectivity index (χ0) is 22.9. The number of piperidine rings is 1. The van der Waals surface area contributed by atoms with Gasteiger partial charge in [-0.1, -0.05) is 24.3 Å². The van der Waals surface area contributed by atoms with Gasteiger partial charge in [-0.2, -0.15) is 0 Å². The van der Waals surface area contributed by atoms with Gasteiger partial charge in [-0.25, -0.2) is 0 Å². The molecule has 0 bridgehead atoms. The third-order valence-electron chi connectivity index (χ3n) is 7.60. The van der Waals surface area contributed by atoms with Crippen molar-refractivity contribution in [2.24, 2.45) is 0 Å². The van der Waals surface area contributed by atoms with Gasteiger partial charge in [0.15, 0.2) is 0 Å². The minimum atomic E-state index is -0.308. The molecule has 176 valence electrons. The van der Waals surface area contributed by atoms with Crippen molar-refractivity contribution in [2.75, 3.05) is 19.6 Å². The molecule has 2 aromatic carbocycles. The molecule has 0 saturated carbocycles. The second-order valence-electron chi connectivity index (χ2n) is 9.75. The number of benzene rings is 2. The number of likely N-dealkylation sites (tertiary alicyclic amines) is 1. The average Bonchev–Trinajstić information content (AvgIpc) is 3.60. The minimum absolute atomic E-state index is 0.0811. The summed E-state index contributed by atoms with van der Waals surface area (Å²) in [6.07, 6.45) is 10.6. The molecule has 1 fully saturated rings. The Balaban J connectivity index is 1.01. The molecule has 34 heavy (non-hydrogen) atoms. The van der Waals surface area contributed by atoms with E-state index in [0.29, 0.717) is 6.04 Å². The highest BCUT2D eigenvalue weighted by Crippen LogP contribution is 2.32. The highest BCUT2D eigenvalue weighted by molar-refractivity contribution is 5.85. The summed E-state index contributed by atoms with van der Waals surface area (Å²) in [4.78, 5) is 6.01. The van der Waals surface area contributed by atoms with Gasteiger partial charge in [0.2, 0.25) is 0 Å². The van der Waals surface area contributed by atoms with Crippen molar-refractivity contribution in [3.05, 3.63) is 78.0 Å². The van der Waals surface area contributed by atoms with Crippen LogP contribution in [0.2, 0.25) is 0 Å². The zero-order valence-corrected chi connectivity index (χ0v) is 19.4. The number of nitrogens with one attached hydrogen (secondary N) is 2. The highest BCUT2D eigenvalue weighted by Gasteiger charge is 2.33. The molecule has 7 heteroatoms. The zero-order valence-electron chi connectivity index (χ0n) is 19.4. The Morgan fingerprint density at radius 3 is 2.74 bits per heavy atom. The van der Waals surface area contributed by atoms with E-state index in [0.717, 1.165) is 57.4 Å². The molecule has 7 nitrogen and oxygen atoms in total. The van der Waals surface area contributed by atoms with Gasteiger partial charge in [0.05, 0.1) is 12.1 Å². The molecule has 0 amide bonds. The highest BCUT2D eigenvalue weighted by atomic mass is 16.3. The lowest BCUT2D eigenvalue weighted by atomic mass is 10.0. The summed E-state index contributed by atoms with van der Waals surface area (Å²) < 4.78 is 1.94. The van der Waals surface area contributed by atoms with E-state index >= 15 is 0 Å². The fraction of sp³-hybridized carbons (Fsp3) is 0.407. The second kappa shape index (κ2) is 9.33. The number of H-pyrrole nitrogens is 1. The number of aliphatic hydroxyl groups is 1. The Morgan fingerprint density at radius 1 is 1.06 bits per heavy atom. The van der Waals surface area contributed by atoms with Gasteiger partial charge in [0, 0.05) is 35.2 Å². The lowest BCUT2D eigenvalue weighted by molar-refractivity contribution is 0.119. The van der Waals surface area contributed by atoms with Gasteiger partial charge in [-0.05, 0) is 80.2 Å². The lowest BCUT2D eigenvalue weighted by Gasteiger charge is -2.34. The molecular weight excluding hydrogens is 424 g/mol. The fourth-order valence-corrected chi connectivity index (χ4v) is 5.71. The molecule has 6 rings (SSSR count). The predicted molar refractivity (Wildman–Crippen MR) is 133 cm³/mol. The van der Waals surface area contributed by atoms with E-state index in [9.17, 15) is 5.11 Å². The molecule has 1 aliphatic carbocycles. The van der Waals surface area contributed by atoms with Crippen LogP contribution in [0.4, 0.5) is 0 Å². The monoisotopic (exact) mass is 456 g/mol. The topological polar surface area (TPSA) is 82.0 Å². The van der Waals surface area contributed by atoms with Crippen LogP contribution < -0.4 is 5.32 Å². The van der Waals surface area contributed by atoms with Gasteiger partial charge in [0.25, 0.3) is 0 Å². The first-order valence-electron chi connectivity index (χ1n) is 12.4. The van der Waals surface area contributed by atoms with Crippen LogP contribution in [-0.4, -0.2) is 61.5 Å². The molecule has 2 atom stereocenters. The molecule has 1 saturated heterocycles. The number of rotatable bonds is 7. The van der Waals surface area contributed by atoms with Gasteiger partial charge in [-0.3, -0.25) is 4.57 Å². The average molecular weight is 457 g/mol. The molecule has 1 aliphatic heterocycles. The van der Waals surface area contributed by atoms with Crippen LogP contribution in [0.5, 0.6) is 0 Å². The van der Waals surface area contributed by atoms with Crippen LogP contribution in [0.25, 0.3) is 16.6 Å². The van der Waals surface area contributed by atoms with Crippen molar-refractivity contribution in [1.29, 1.82) is 0 Å². The van der Waals surface area contributed by atoms with Crippen LogP contribution in [-0.2, 0) is 12.8 Å². The molecule has 2 aromatic heterocycles. The third kappa shape index (κ3) is 4.27.